The molecule has 0 atom stereocenters. The zero-order chi connectivity index (χ0) is 10.7. The zero-order valence-electron chi connectivity index (χ0n) is 8.86. The van der Waals surface area contributed by atoms with Crippen molar-refractivity contribution in [2.24, 2.45) is 0 Å². The second-order valence-electron chi connectivity index (χ2n) is 3.23. The van der Waals surface area contributed by atoms with Crippen molar-refractivity contribution in [1.82, 2.24) is 20.1 Å². The van der Waals surface area contributed by atoms with Crippen LogP contribution in [0.3, 0.4) is 0 Å². The first kappa shape index (κ1) is 10.1. The van der Waals surface area contributed by atoms with E-state index in [1.807, 2.05) is 18.8 Å². The van der Waals surface area contributed by atoms with Crippen LogP contribution >= 0.6 is 0 Å². The molecular weight excluding hydrogens is 196 g/mol. The standard InChI is InChI=1S/C7H7N3O2.C2H7N/c1-2-11-3-5-6-7(8-4-12-6)9-10(1)5;1-3-2/h4H,1-3H2;3H,1-2H3. The summed E-state index contributed by atoms with van der Waals surface area (Å²) in [5.74, 6) is 0. The number of aromatic nitrogens is 3. The maximum atomic E-state index is 5.28. The van der Waals surface area contributed by atoms with Gasteiger partial charge in [-0.3, -0.25) is 4.68 Å². The van der Waals surface area contributed by atoms with Crippen LogP contribution in [0.5, 0.6) is 0 Å². The van der Waals surface area contributed by atoms with E-state index in [9.17, 15) is 0 Å². The van der Waals surface area contributed by atoms with Crippen molar-refractivity contribution in [3.8, 4) is 0 Å². The van der Waals surface area contributed by atoms with Gasteiger partial charge in [-0.1, -0.05) is 0 Å². The summed E-state index contributed by atoms with van der Waals surface area (Å²) in [7, 11) is 3.75. The Bertz CT molecular complexity index is 434. The van der Waals surface area contributed by atoms with Crippen molar-refractivity contribution in [2.45, 2.75) is 13.2 Å². The summed E-state index contributed by atoms with van der Waals surface area (Å²) in [6.45, 7) is 2.09. The summed E-state index contributed by atoms with van der Waals surface area (Å²) in [6, 6.07) is 0. The summed E-state index contributed by atoms with van der Waals surface area (Å²) >= 11 is 0. The Kier molecular flexibility index (Phi) is 2.98. The Morgan fingerprint density at radius 2 is 2.27 bits per heavy atom. The van der Waals surface area contributed by atoms with Gasteiger partial charge in [-0.2, -0.15) is 4.98 Å². The first-order valence-corrected chi connectivity index (χ1v) is 4.82. The molecule has 0 aromatic carbocycles. The minimum Gasteiger partial charge on any atom is -0.440 e. The van der Waals surface area contributed by atoms with Crippen LogP contribution in [0.15, 0.2) is 10.8 Å². The van der Waals surface area contributed by atoms with Crippen molar-refractivity contribution < 1.29 is 9.15 Å². The third kappa shape index (κ3) is 1.86. The second kappa shape index (κ2) is 4.41. The summed E-state index contributed by atoms with van der Waals surface area (Å²) < 4.78 is 12.4. The highest BCUT2D eigenvalue weighted by Gasteiger charge is 2.18. The van der Waals surface area contributed by atoms with Crippen LogP contribution in [-0.2, 0) is 17.9 Å². The Hall–Kier alpha value is -1.40. The van der Waals surface area contributed by atoms with Crippen LogP contribution in [0.1, 0.15) is 5.69 Å². The molecule has 6 heteroatoms. The van der Waals surface area contributed by atoms with E-state index in [0.717, 1.165) is 24.4 Å². The minimum absolute atomic E-state index is 0.575. The van der Waals surface area contributed by atoms with Crippen molar-refractivity contribution in [3.63, 3.8) is 0 Å². The predicted octanol–water partition coefficient (Wildman–Crippen LogP) is 0.390. The lowest BCUT2D eigenvalue weighted by molar-refractivity contribution is 0.0803. The summed E-state index contributed by atoms with van der Waals surface area (Å²) in [6.07, 6.45) is 1.41. The third-order valence-electron chi connectivity index (χ3n) is 2.02. The average Bonchev–Trinajstić information content (AvgIpc) is 2.78. The highest BCUT2D eigenvalue weighted by molar-refractivity contribution is 5.70. The Labute approximate surface area is 87.2 Å². The van der Waals surface area contributed by atoms with Crippen LogP contribution in [0.4, 0.5) is 0 Å². The quantitative estimate of drug-likeness (QED) is 0.681. The highest BCUT2D eigenvalue weighted by Crippen LogP contribution is 2.19. The fourth-order valence-corrected chi connectivity index (χ4v) is 1.45. The molecule has 1 N–H and O–H groups in total. The molecule has 0 radical (unpaired) electrons. The number of rotatable bonds is 0. The van der Waals surface area contributed by atoms with Gasteiger partial charge in [0.1, 0.15) is 5.69 Å². The minimum atomic E-state index is 0.575. The van der Waals surface area contributed by atoms with Crippen LogP contribution < -0.4 is 5.32 Å². The van der Waals surface area contributed by atoms with E-state index in [2.05, 4.69) is 15.4 Å². The van der Waals surface area contributed by atoms with Gasteiger partial charge < -0.3 is 14.5 Å². The SMILES string of the molecule is CNC.c1nc2nn3c(c2o1)COCC3. The molecule has 0 saturated carbocycles. The van der Waals surface area contributed by atoms with E-state index >= 15 is 0 Å². The maximum absolute atomic E-state index is 5.28. The van der Waals surface area contributed by atoms with Gasteiger partial charge in [-0.25, -0.2) is 0 Å². The molecule has 82 valence electrons. The molecule has 2 aromatic heterocycles. The molecule has 0 spiro atoms. The molecule has 0 bridgehead atoms. The molecule has 3 heterocycles. The number of nitrogens with one attached hydrogen (secondary N) is 1. The van der Waals surface area contributed by atoms with Crippen molar-refractivity contribution in [2.75, 3.05) is 20.7 Å². The van der Waals surface area contributed by atoms with Gasteiger partial charge in [0.25, 0.3) is 0 Å². The molecule has 0 aliphatic carbocycles. The molecule has 6 nitrogen and oxygen atoms in total. The van der Waals surface area contributed by atoms with Gasteiger partial charge in [0.05, 0.1) is 19.8 Å². The number of hydrogen-bond acceptors (Lipinski definition) is 5. The maximum Gasteiger partial charge on any atom is 0.220 e. The molecule has 1 aliphatic rings. The lowest BCUT2D eigenvalue weighted by atomic mass is 10.4. The Balaban J connectivity index is 0.000000258. The van der Waals surface area contributed by atoms with Gasteiger partial charge in [-0.15, -0.1) is 5.10 Å². The molecule has 0 amide bonds. The van der Waals surface area contributed by atoms with E-state index in [-0.39, 0.29) is 0 Å². The zero-order valence-corrected chi connectivity index (χ0v) is 8.86. The van der Waals surface area contributed by atoms with Gasteiger partial charge in [0.15, 0.2) is 12.0 Å². The number of nitrogens with zero attached hydrogens (tertiary/aromatic N) is 3. The van der Waals surface area contributed by atoms with Crippen molar-refractivity contribution in [1.29, 1.82) is 0 Å². The van der Waals surface area contributed by atoms with E-state index in [0.29, 0.717) is 12.3 Å². The average molecular weight is 210 g/mol. The lowest BCUT2D eigenvalue weighted by Crippen LogP contribution is -2.17. The molecule has 0 fully saturated rings. The fourth-order valence-electron chi connectivity index (χ4n) is 1.45. The first-order chi connectivity index (χ1) is 7.36. The van der Waals surface area contributed by atoms with E-state index in [1.165, 1.54) is 6.39 Å². The number of fused-ring (bicyclic) bond motifs is 3. The van der Waals surface area contributed by atoms with E-state index in [4.69, 9.17) is 9.15 Å². The molecule has 2 aromatic rings. The van der Waals surface area contributed by atoms with Crippen LogP contribution in [0.25, 0.3) is 11.2 Å². The number of hydrogen-bond donors (Lipinski definition) is 1. The number of oxazole rings is 1. The highest BCUT2D eigenvalue weighted by atomic mass is 16.5. The summed E-state index contributed by atoms with van der Waals surface area (Å²) in [5.41, 5.74) is 2.43. The topological polar surface area (TPSA) is 65.1 Å². The van der Waals surface area contributed by atoms with Gasteiger partial charge >= 0.3 is 0 Å². The molecule has 0 saturated heterocycles. The van der Waals surface area contributed by atoms with Crippen molar-refractivity contribution >= 4 is 11.2 Å². The molecule has 15 heavy (non-hydrogen) atoms. The molecular formula is C9H14N4O2. The van der Waals surface area contributed by atoms with Crippen LogP contribution in [0, 0.1) is 0 Å². The normalized spacial score (nSPS) is 14.5. The molecule has 0 unspecified atom stereocenters. The third-order valence-corrected chi connectivity index (χ3v) is 2.02. The molecule has 3 rings (SSSR count). The van der Waals surface area contributed by atoms with E-state index < -0.39 is 0 Å². The molecule has 1 aliphatic heterocycles. The van der Waals surface area contributed by atoms with Crippen molar-refractivity contribution in [3.05, 3.63) is 12.1 Å². The Morgan fingerprint density at radius 1 is 1.47 bits per heavy atom. The first-order valence-electron chi connectivity index (χ1n) is 4.82. The predicted molar refractivity (Wildman–Crippen MR) is 54.4 cm³/mol. The summed E-state index contributed by atoms with van der Waals surface area (Å²) in [4.78, 5) is 3.97. The fraction of sp³-hybridized carbons (Fsp3) is 0.556. The largest absolute Gasteiger partial charge is 0.440 e. The van der Waals surface area contributed by atoms with Gasteiger partial charge in [0, 0.05) is 0 Å². The van der Waals surface area contributed by atoms with E-state index in [1.54, 1.807) is 0 Å². The Morgan fingerprint density at radius 3 is 3.07 bits per heavy atom. The second-order valence-corrected chi connectivity index (χ2v) is 3.23. The van der Waals surface area contributed by atoms with Gasteiger partial charge in [-0.05, 0) is 14.1 Å². The van der Waals surface area contributed by atoms with Gasteiger partial charge in [0.2, 0.25) is 5.65 Å². The monoisotopic (exact) mass is 210 g/mol. The smallest absolute Gasteiger partial charge is 0.220 e. The lowest BCUT2D eigenvalue weighted by Gasteiger charge is -2.12. The number of ether oxygens (including phenoxy) is 1. The van der Waals surface area contributed by atoms with Crippen LogP contribution in [-0.4, -0.2) is 35.5 Å². The van der Waals surface area contributed by atoms with Crippen LogP contribution in [0.2, 0.25) is 0 Å². The summed E-state index contributed by atoms with van der Waals surface area (Å²) in [5, 5.41) is 7.00.